The topological polar surface area (TPSA) is 108 Å². The predicted molar refractivity (Wildman–Crippen MR) is 78.4 cm³/mol. The van der Waals surface area contributed by atoms with Gasteiger partial charge in [-0.25, -0.2) is 0 Å². The maximum atomic E-state index is 12.3. The fourth-order valence-electron chi connectivity index (χ4n) is 2.25. The molecule has 0 saturated heterocycles. The normalized spacial score (nSPS) is 12.2. The highest BCUT2D eigenvalue weighted by atomic mass is 16.6. The van der Waals surface area contributed by atoms with E-state index in [0.717, 1.165) is 11.3 Å². The third-order valence-corrected chi connectivity index (χ3v) is 3.34. The SMILES string of the molecule is CCn1cc([N+](=O)[O-])c(C(=O)NC(C)c2cn(C)nc2C)n1. The average molecular weight is 306 g/mol. The van der Waals surface area contributed by atoms with Crippen LogP contribution in [0, 0.1) is 17.0 Å². The smallest absolute Gasteiger partial charge is 0.320 e. The molecule has 0 aromatic carbocycles. The molecule has 0 aliphatic rings. The van der Waals surface area contributed by atoms with Crippen LogP contribution in [0.15, 0.2) is 12.4 Å². The molecule has 9 nitrogen and oxygen atoms in total. The van der Waals surface area contributed by atoms with Crippen molar-refractivity contribution < 1.29 is 9.72 Å². The van der Waals surface area contributed by atoms with Gasteiger partial charge in [0.2, 0.25) is 5.69 Å². The number of nitrogens with zero attached hydrogens (tertiary/aromatic N) is 5. The van der Waals surface area contributed by atoms with Crippen LogP contribution in [-0.2, 0) is 13.6 Å². The minimum absolute atomic E-state index is 0.180. The number of nitro groups is 1. The third kappa shape index (κ3) is 2.97. The third-order valence-electron chi connectivity index (χ3n) is 3.34. The second kappa shape index (κ2) is 5.96. The Balaban J connectivity index is 2.23. The summed E-state index contributed by atoms with van der Waals surface area (Å²) in [5, 5.41) is 21.9. The largest absolute Gasteiger partial charge is 0.344 e. The van der Waals surface area contributed by atoms with Crippen molar-refractivity contribution in [3.8, 4) is 0 Å². The standard InChI is InChI=1S/C13H18N6O3/c1-5-18-7-11(19(21)22)12(16-18)13(20)14-8(2)10-6-17(4)15-9(10)3/h6-8H,5H2,1-4H3,(H,14,20). The Hall–Kier alpha value is -2.71. The van der Waals surface area contributed by atoms with Crippen LogP contribution in [0.25, 0.3) is 0 Å². The monoisotopic (exact) mass is 306 g/mol. The Morgan fingerprint density at radius 3 is 2.64 bits per heavy atom. The molecule has 118 valence electrons. The van der Waals surface area contributed by atoms with Crippen LogP contribution in [0.4, 0.5) is 5.69 Å². The van der Waals surface area contributed by atoms with E-state index in [1.165, 1.54) is 10.9 Å². The van der Waals surface area contributed by atoms with E-state index >= 15 is 0 Å². The first-order chi connectivity index (χ1) is 10.3. The molecule has 1 unspecified atom stereocenters. The van der Waals surface area contributed by atoms with Crippen molar-refractivity contribution in [2.45, 2.75) is 33.4 Å². The van der Waals surface area contributed by atoms with Crippen molar-refractivity contribution in [2.24, 2.45) is 7.05 Å². The van der Waals surface area contributed by atoms with E-state index in [2.05, 4.69) is 15.5 Å². The molecule has 2 heterocycles. The van der Waals surface area contributed by atoms with Gasteiger partial charge < -0.3 is 5.32 Å². The molecule has 9 heteroatoms. The minimum Gasteiger partial charge on any atom is -0.344 e. The van der Waals surface area contributed by atoms with Gasteiger partial charge in [-0.3, -0.25) is 24.3 Å². The Bertz CT molecular complexity index is 717. The first-order valence-electron chi connectivity index (χ1n) is 6.86. The first kappa shape index (κ1) is 15.7. The zero-order chi connectivity index (χ0) is 16.4. The number of nitrogens with one attached hydrogen (secondary N) is 1. The summed E-state index contributed by atoms with van der Waals surface area (Å²) in [5.41, 5.74) is 1.17. The van der Waals surface area contributed by atoms with Gasteiger partial charge in [-0.2, -0.15) is 10.2 Å². The van der Waals surface area contributed by atoms with Gasteiger partial charge in [0, 0.05) is 25.4 Å². The van der Waals surface area contributed by atoms with Crippen molar-refractivity contribution in [2.75, 3.05) is 0 Å². The fraction of sp³-hybridized carbons (Fsp3) is 0.462. The van der Waals surface area contributed by atoms with Crippen LogP contribution >= 0.6 is 0 Å². The lowest BCUT2D eigenvalue weighted by atomic mass is 10.1. The predicted octanol–water partition coefficient (Wildman–Crippen LogP) is 1.34. The van der Waals surface area contributed by atoms with Gasteiger partial charge in [-0.1, -0.05) is 0 Å². The van der Waals surface area contributed by atoms with E-state index in [9.17, 15) is 14.9 Å². The number of hydrogen-bond donors (Lipinski definition) is 1. The maximum Gasteiger partial charge on any atom is 0.320 e. The van der Waals surface area contributed by atoms with E-state index in [1.807, 2.05) is 6.92 Å². The van der Waals surface area contributed by atoms with Gasteiger partial charge >= 0.3 is 5.69 Å². The van der Waals surface area contributed by atoms with Crippen LogP contribution in [0.3, 0.4) is 0 Å². The zero-order valence-electron chi connectivity index (χ0n) is 12.9. The zero-order valence-corrected chi connectivity index (χ0v) is 12.9. The van der Waals surface area contributed by atoms with Gasteiger partial charge in [0.25, 0.3) is 5.91 Å². The summed E-state index contributed by atoms with van der Waals surface area (Å²) in [6.45, 7) is 5.88. The van der Waals surface area contributed by atoms with E-state index in [1.54, 1.807) is 31.8 Å². The molecule has 1 N–H and O–H groups in total. The van der Waals surface area contributed by atoms with Gasteiger partial charge in [-0.15, -0.1) is 0 Å². The summed E-state index contributed by atoms with van der Waals surface area (Å²) in [6.07, 6.45) is 3.06. The Labute approximate surface area is 127 Å². The lowest BCUT2D eigenvalue weighted by Gasteiger charge is -2.11. The van der Waals surface area contributed by atoms with E-state index in [0.29, 0.717) is 6.54 Å². The van der Waals surface area contributed by atoms with Crippen molar-refractivity contribution in [3.05, 3.63) is 39.5 Å². The molecular weight excluding hydrogens is 288 g/mol. The van der Waals surface area contributed by atoms with E-state index in [-0.39, 0.29) is 17.4 Å². The Morgan fingerprint density at radius 2 is 2.14 bits per heavy atom. The Morgan fingerprint density at radius 1 is 1.45 bits per heavy atom. The molecule has 2 rings (SSSR count). The first-order valence-corrected chi connectivity index (χ1v) is 6.86. The van der Waals surface area contributed by atoms with E-state index < -0.39 is 10.8 Å². The Kier molecular flexibility index (Phi) is 4.25. The number of hydrogen-bond acceptors (Lipinski definition) is 5. The number of carbonyl (C=O) groups is 1. The van der Waals surface area contributed by atoms with Crippen molar-refractivity contribution >= 4 is 11.6 Å². The molecule has 1 atom stereocenters. The molecular formula is C13H18N6O3. The number of rotatable bonds is 5. The van der Waals surface area contributed by atoms with Crippen molar-refractivity contribution in [1.29, 1.82) is 0 Å². The number of carbonyl (C=O) groups excluding carboxylic acids is 1. The van der Waals surface area contributed by atoms with Crippen LogP contribution in [0.5, 0.6) is 0 Å². The molecule has 22 heavy (non-hydrogen) atoms. The summed E-state index contributed by atoms with van der Waals surface area (Å²) in [5.74, 6) is -0.574. The summed E-state index contributed by atoms with van der Waals surface area (Å²) in [6, 6.07) is -0.326. The number of aromatic nitrogens is 4. The van der Waals surface area contributed by atoms with Crippen LogP contribution < -0.4 is 5.32 Å². The lowest BCUT2D eigenvalue weighted by molar-refractivity contribution is -0.385. The summed E-state index contributed by atoms with van der Waals surface area (Å²) in [4.78, 5) is 22.7. The van der Waals surface area contributed by atoms with Crippen LogP contribution in [0.2, 0.25) is 0 Å². The van der Waals surface area contributed by atoms with Crippen molar-refractivity contribution in [1.82, 2.24) is 24.9 Å². The highest BCUT2D eigenvalue weighted by molar-refractivity contribution is 5.96. The molecule has 2 aromatic rings. The van der Waals surface area contributed by atoms with Gasteiger partial charge in [0.05, 0.1) is 16.7 Å². The summed E-state index contributed by atoms with van der Waals surface area (Å²) >= 11 is 0. The summed E-state index contributed by atoms with van der Waals surface area (Å²) in [7, 11) is 1.79. The van der Waals surface area contributed by atoms with Gasteiger partial charge in [-0.05, 0) is 20.8 Å². The van der Waals surface area contributed by atoms with Crippen LogP contribution in [-0.4, -0.2) is 30.4 Å². The molecule has 0 fully saturated rings. The molecule has 0 aliphatic carbocycles. The second-order valence-electron chi connectivity index (χ2n) is 5.01. The maximum absolute atomic E-state index is 12.3. The highest BCUT2D eigenvalue weighted by Gasteiger charge is 2.27. The molecule has 0 aliphatic heterocycles. The molecule has 0 radical (unpaired) electrons. The second-order valence-corrected chi connectivity index (χ2v) is 5.01. The van der Waals surface area contributed by atoms with Crippen molar-refractivity contribution in [3.63, 3.8) is 0 Å². The van der Waals surface area contributed by atoms with E-state index in [4.69, 9.17) is 0 Å². The molecule has 0 saturated carbocycles. The molecule has 1 amide bonds. The van der Waals surface area contributed by atoms with Gasteiger partial charge in [0.1, 0.15) is 6.20 Å². The lowest BCUT2D eigenvalue weighted by Crippen LogP contribution is -2.28. The van der Waals surface area contributed by atoms with Gasteiger partial charge in [0.15, 0.2) is 0 Å². The highest BCUT2D eigenvalue weighted by Crippen LogP contribution is 2.20. The fourth-order valence-corrected chi connectivity index (χ4v) is 2.25. The average Bonchev–Trinajstić information content (AvgIpc) is 3.01. The van der Waals surface area contributed by atoms with Crippen LogP contribution in [0.1, 0.15) is 41.6 Å². The molecule has 0 bridgehead atoms. The molecule has 0 spiro atoms. The summed E-state index contributed by atoms with van der Waals surface area (Å²) < 4.78 is 3.02. The minimum atomic E-state index is -0.603. The number of amides is 1. The quantitative estimate of drug-likeness (QED) is 0.662. The molecule has 2 aromatic heterocycles. The number of aryl methyl sites for hydroxylation is 3.